The zero-order valence-electron chi connectivity index (χ0n) is 12.7. The van der Waals surface area contributed by atoms with E-state index in [1.807, 2.05) is 0 Å². The Kier molecular flexibility index (Phi) is 4.87. The van der Waals surface area contributed by atoms with Crippen molar-refractivity contribution in [2.45, 2.75) is 46.6 Å². The SMILES string of the molecule is CCNCc1ccccc1N1CCCC(C)(C)CC1. The Bertz CT molecular complexity index is 398. The lowest BCUT2D eigenvalue weighted by molar-refractivity contribution is 0.325. The van der Waals surface area contributed by atoms with Crippen molar-refractivity contribution in [1.29, 1.82) is 0 Å². The van der Waals surface area contributed by atoms with Crippen LogP contribution in [0.3, 0.4) is 0 Å². The summed E-state index contributed by atoms with van der Waals surface area (Å²) in [6.45, 7) is 11.4. The highest BCUT2D eigenvalue weighted by molar-refractivity contribution is 5.53. The van der Waals surface area contributed by atoms with E-state index in [-0.39, 0.29) is 0 Å². The molecule has 1 saturated heterocycles. The molecule has 2 nitrogen and oxygen atoms in total. The molecule has 19 heavy (non-hydrogen) atoms. The largest absolute Gasteiger partial charge is 0.371 e. The van der Waals surface area contributed by atoms with Crippen molar-refractivity contribution in [3.8, 4) is 0 Å². The molecular weight excluding hydrogens is 232 g/mol. The average Bonchev–Trinajstić information content (AvgIpc) is 2.58. The first-order chi connectivity index (χ1) is 9.12. The molecule has 106 valence electrons. The number of benzene rings is 1. The average molecular weight is 260 g/mol. The minimum Gasteiger partial charge on any atom is -0.371 e. The molecule has 0 unspecified atom stereocenters. The number of nitrogens with zero attached hydrogens (tertiary/aromatic N) is 1. The summed E-state index contributed by atoms with van der Waals surface area (Å²) in [6.07, 6.45) is 3.95. The Hall–Kier alpha value is -1.02. The van der Waals surface area contributed by atoms with Crippen LogP contribution in [0.15, 0.2) is 24.3 Å². The van der Waals surface area contributed by atoms with Crippen LogP contribution < -0.4 is 10.2 Å². The maximum absolute atomic E-state index is 3.45. The topological polar surface area (TPSA) is 15.3 Å². The van der Waals surface area contributed by atoms with Gasteiger partial charge in [0.15, 0.2) is 0 Å². The van der Waals surface area contributed by atoms with Crippen molar-refractivity contribution in [2.24, 2.45) is 5.41 Å². The second-order valence-corrected chi connectivity index (χ2v) is 6.41. The molecule has 2 rings (SSSR count). The number of para-hydroxylation sites is 1. The minimum atomic E-state index is 0.505. The Morgan fingerprint density at radius 1 is 1.16 bits per heavy atom. The summed E-state index contributed by atoms with van der Waals surface area (Å²) in [5.74, 6) is 0. The van der Waals surface area contributed by atoms with Crippen molar-refractivity contribution in [1.82, 2.24) is 5.32 Å². The van der Waals surface area contributed by atoms with Gasteiger partial charge in [0.1, 0.15) is 0 Å². The number of rotatable bonds is 4. The summed E-state index contributed by atoms with van der Waals surface area (Å²) in [6, 6.07) is 8.86. The van der Waals surface area contributed by atoms with Gasteiger partial charge in [-0.3, -0.25) is 0 Å². The van der Waals surface area contributed by atoms with Crippen LogP contribution in [0.1, 0.15) is 45.6 Å². The predicted molar refractivity (Wildman–Crippen MR) is 83.7 cm³/mol. The molecule has 0 saturated carbocycles. The van der Waals surface area contributed by atoms with Crippen molar-refractivity contribution >= 4 is 5.69 Å². The number of hydrogen-bond acceptors (Lipinski definition) is 2. The van der Waals surface area contributed by atoms with E-state index in [1.54, 1.807) is 0 Å². The van der Waals surface area contributed by atoms with Crippen molar-refractivity contribution in [3.63, 3.8) is 0 Å². The molecule has 0 aromatic heterocycles. The maximum Gasteiger partial charge on any atom is 0.0411 e. The standard InChI is InChI=1S/C17H28N2/c1-4-18-14-15-8-5-6-9-16(15)19-12-7-10-17(2,3)11-13-19/h5-6,8-9,18H,4,7,10-14H2,1-3H3. The van der Waals surface area contributed by atoms with Crippen LogP contribution in [-0.2, 0) is 6.54 Å². The van der Waals surface area contributed by atoms with Crippen LogP contribution in [0.25, 0.3) is 0 Å². The van der Waals surface area contributed by atoms with E-state index in [4.69, 9.17) is 0 Å². The molecule has 0 spiro atoms. The molecule has 1 aliphatic rings. The lowest BCUT2D eigenvalue weighted by atomic mass is 9.85. The molecule has 1 aromatic carbocycles. The van der Waals surface area contributed by atoms with Gasteiger partial charge in [-0.15, -0.1) is 0 Å². The molecule has 1 N–H and O–H groups in total. The summed E-state index contributed by atoms with van der Waals surface area (Å²) in [7, 11) is 0. The van der Waals surface area contributed by atoms with Crippen LogP contribution in [0.5, 0.6) is 0 Å². The van der Waals surface area contributed by atoms with Gasteiger partial charge in [0.2, 0.25) is 0 Å². The maximum atomic E-state index is 3.45. The fourth-order valence-electron chi connectivity index (χ4n) is 2.89. The molecule has 1 aromatic rings. The highest BCUT2D eigenvalue weighted by Crippen LogP contribution is 2.32. The Morgan fingerprint density at radius 2 is 1.95 bits per heavy atom. The molecule has 0 bridgehead atoms. The smallest absolute Gasteiger partial charge is 0.0411 e. The monoisotopic (exact) mass is 260 g/mol. The van der Waals surface area contributed by atoms with Crippen LogP contribution in [0.2, 0.25) is 0 Å². The zero-order chi connectivity index (χ0) is 13.7. The van der Waals surface area contributed by atoms with E-state index in [9.17, 15) is 0 Å². The van der Waals surface area contributed by atoms with Crippen molar-refractivity contribution < 1.29 is 0 Å². The third-order valence-electron chi connectivity index (χ3n) is 4.24. The van der Waals surface area contributed by atoms with Crippen molar-refractivity contribution in [3.05, 3.63) is 29.8 Å². The quantitative estimate of drug-likeness (QED) is 0.885. The van der Waals surface area contributed by atoms with Gasteiger partial charge >= 0.3 is 0 Å². The number of nitrogens with one attached hydrogen (secondary N) is 1. The van der Waals surface area contributed by atoms with Gasteiger partial charge in [-0.05, 0) is 42.9 Å². The predicted octanol–water partition coefficient (Wildman–Crippen LogP) is 3.81. The van der Waals surface area contributed by atoms with Gasteiger partial charge in [-0.1, -0.05) is 39.0 Å². The molecule has 0 amide bonds. The van der Waals surface area contributed by atoms with E-state index in [1.165, 1.54) is 43.6 Å². The van der Waals surface area contributed by atoms with Gasteiger partial charge in [-0.2, -0.15) is 0 Å². The first kappa shape index (κ1) is 14.4. The molecule has 0 atom stereocenters. The highest BCUT2D eigenvalue weighted by Gasteiger charge is 2.23. The first-order valence-electron chi connectivity index (χ1n) is 7.66. The Balaban J connectivity index is 2.12. The van der Waals surface area contributed by atoms with Gasteiger partial charge in [0, 0.05) is 25.3 Å². The molecule has 1 aliphatic heterocycles. The Labute approximate surface area is 118 Å². The van der Waals surface area contributed by atoms with Gasteiger partial charge in [-0.25, -0.2) is 0 Å². The molecule has 0 radical (unpaired) electrons. The fourth-order valence-corrected chi connectivity index (χ4v) is 2.89. The van der Waals surface area contributed by atoms with Crippen molar-refractivity contribution in [2.75, 3.05) is 24.5 Å². The van der Waals surface area contributed by atoms with Crippen LogP contribution in [0.4, 0.5) is 5.69 Å². The summed E-state index contributed by atoms with van der Waals surface area (Å²) >= 11 is 0. The highest BCUT2D eigenvalue weighted by atomic mass is 15.1. The van der Waals surface area contributed by atoms with E-state index in [0.29, 0.717) is 5.41 Å². The second-order valence-electron chi connectivity index (χ2n) is 6.41. The lowest BCUT2D eigenvalue weighted by Gasteiger charge is -2.27. The summed E-state index contributed by atoms with van der Waals surface area (Å²) in [5, 5.41) is 3.45. The van der Waals surface area contributed by atoms with Crippen LogP contribution in [-0.4, -0.2) is 19.6 Å². The van der Waals surface area contributed by atoms with Crippen LogP contribution in [0, 0.1) is 5.41 Å². The number of anilines is 1. The molecule has 1 heterocycles. The summed E-state index contributed by atoms with van der Waals surface area (Å²) in [4.78, 5) is 2.58. The summed E-state index contributed by atoms with van der Waals surface area (Å²) < 4.78 is 0. The third-order valence-corrected chi connectivity index (χ3v) is 4.24. The second kappa shape index (κ2) is 6.42. The molecule has 0 aliphatic carbocycles. The van der Waals surface area contributed by atoms with E-state index in [2.05, 4.69) is 55.3 Å². The van der Waals surface area contributed by atoms with Gasteiger partial charge in [0.05, 0.1) is 0 Å². The van der Waals surface area contributed by atoms with E-state index < -0.39 is 0 Å². The first-order valence-corrected chi connectivity index (χ1v) is 7.66. The van der Waals surface area contributed by atoms with E-state index >= 15 is 0 Å². The normalized spacial score (nSPS) is 19.2. The molecule has 2 heteroatoms. The van der Waals surface area contributed by atoms with Crippen LogP contribution >= 0.6 is 0 Å². The summed E-state index contributed by atoms with van der Waals surface area (Å²) in [5.41, 5.74) is 3.37. The lowest BCUT2D eigenvalue weighted by Crippen LogP contribution is -2.27. The third kappa shape index (κ3) is 3.97. The zero-order valence-corrected chi connectivity index (χ0v) is 12.7. The van der Waals surface area contributed by atoms with Gasteiger partial charge in [0.25, 0.3) is 0 Å². The van der Waals surface area contributed by atoms with Gasteiger partial charge < -0.3 is 10.2 Å². The molecular formula is C17H28N2. The Morgan fingerprint density at radius 3 is 2.74 bits per heavy atom. The minimum absolute atomic E-state index is 0.505. The molecule has 1 fully saturated rings. The fraction of sp³-hybridized carbons (Fsp3) is 0.647. The number of hydrogen-bond donors (Lipinski definition) is 1. The van der Waals surface area contributed by atoms with E-state index in [0.717, 1.165) is 13.1 Å².